The molecule has 0 spiro atoms. The molecule has 5 nitrogen and oxygen atoms in total. The normalized spacial score (nSPS) is 18.4. The molecule has 128 valence electrons. The van der Waals surface area contributed by atoms with Crippen LogP contribution in [0.25, 0.3) is 0 Å². The maximum Gasteiger partial charge on any atom is 0.471 e. The minimum atomic E-state index is -7.09. The summed E-state index contributed by atoms with van der Waals surface area (Å²) in [7, 11) is -13.5. The maximum atomic E-state index is 13.4. The van der Waals surface area contributed by atoms with Gasteiger partial charge in [-0.3, -0.25) is 0 Å². The number of halogens is 8. The van der Waals surface area contributed by atoms with Crippen molar-refractivity contribution in [1.29, 1.82) is 0 Å². The Hall–Kier alpha value is -0.700. The van der Waals surface area contributed by atoms with Crippen LogP contribution in [-0.2, 0) is 20.0 Å². The van der Waals surface area contributed by atoms with E-state index in [2.05, 4.69) is 0 Å². The van der Waals surface area contributed by atoms with Gasteiger partial charge in [0.2, 0.25) is 0 Å². The summed E-state index contributed by atoms with van der Waals surface area (Å²) in [6, 6.07) is 0. The molecule has 0 aromatic rings. The molecule has 0 amide bonds. The molecule has 0 aliphatic carbocycles. The van der Waals surface area contributed by atoms with E-state index in [4.69, 9.17) is 0 Å². The first-order valence-electron chi connectivity index (χ1n) is 4.50. The maximum absolute atomic E-state index is 13.4. The monoisotopic (exact) mass is 373 g/mol. The third-order valence-electron chi connectivity index (χ3n) is 2.18. The lowest BCUT2D eigenvalue weighted by Crippen LogP contribution is -2.57. The Balaban J connectivity index is 5.91. The van der Waals surface area contributed by atoms with Crippen LogP contribution in [-0.4, -0.2) is 39.2 Å². The van der Waals surface area contributed by atoms with E-state index in [0.717, 1.165) is 0 Å². The molecule has 0 aliphatic rings. The van der Waals surface area contributed by atoms with Gasteiger partial charge in [-0.2, -0.15) is 22.0 Å². The van der Waals surface area contributed by atoms with E-state index in [1.165, 1.54) is 0 Å². The number of hydrogen-bond donors (Lipinski definition) is 1. The Kier molecular flexibility index (Phi) is 4.74. The van der Waals surface area contributed by atoms with Crippen LogP contribution in [0, 0.1) is 0 Å². The second kappa shape index (κ2) is 4.91. The fourth-order valence-corrected chi connectivity index (χ4v) is 3.64. The number of rotatable bonds is 5. The van der Waals surface area contributed by atoms with E-state index in [0.29, 0.717) is 0 Å². The number of sulfonamides is 2. The summed E-state index contributed by atoms with van der Waals surface area (Å²) in [4.78, 5) is 0. The van der Waals surface area contributed by atoms with Crippen LogP contribution in [0.15, 0.2) is 0 Å². The predicted octanol–water partition coefficient (Wildman–Crippen LogP) is 1.73. The van der Waals surface area contributed by atoms with E-state index in [9.17, 15) is 52.0 Å². The SMILES string of the molecule is CC(F)(F)C(C)(F)S(=O)(=O)NS(=O)(=O)C(F)(F)C(F)(F)F. The molecule has 1 atom stereocenters. The molecule has 0 aromatic carbocycles. The highest BCUT2D eigenvalue weighted by molar-refractivity contribution is 8.05. The van der Waals surface area contributed by atoms with Crippen molar-refractivity contribution in [2.24, 2.45) is 0 Å². The quantitative estimate of drug-likeness (QED) is 0.745. The molecular formula is C6H7F8NO4S2. The fourth-order valence-electron chi connectivity index (χ4n) is 0.663. The van der Waals surface area contributed by atoms with Crippen molar-refractivity contribution in [3.05, 3.63) is 0 Å². The van der Waals surface area contributed by atoms with Gasteiger partial charge in [0.15, 0.2) is 0 Å². The molecule has 0 fully saturated rings. The summed E-state index contributed by atoms with van der Waals surface area (Å²) in [5.41, 5.74) is 0. The van der Waals surface area contributed by atoms with Crippen molar-refractivity contribution < 1.29 is 52.0 Å². The Labute approximate surface area is 113 Å². The summed E-state index contributed by atoms with van der Waals surface area (Å²) in [6.45, 7) is -0.753. The minimum absolute atomic E-state index is 0.346. The van der Waals surface area contributed by atoms with Gasteiger partial charge in [-0.25, -0.2) is 30.0 Å². The summed E-state index contributed by atoms with van der Waals surface area (Å²) >= 11 is 0. The predicted molar refractivity (Wildman–Crippen MR) is 52.1 cm³/mol. The molecule has 0 aliphatic heterocycles. The first kappa shape index (κ1) is 20.3. The van der Waals surface area contributed by atoms with Crippen LogP contribution in [0.4, 0.5) is 35.1 Å². The first-order valence-corrected chi connectivity index (χ1v) is 7.46. The molecule has 0 radical (unpaired) electrons. The van der Waals surface area contributed by atoms with E-state index < -0.39 is 49.3 Å². The molecule has 0 aromatic heterocycles. The zero-order chi connectivity index (χ0) is 17.7. The van der Waals surface area contributed by atoms with Crippen LogP contribution in [0.2, 0.25) is 0 Å². The molecule has 1 unspecified atom stereocenters. The van der Waals surface area contributed by atoms with Gasteiger partial charge >= 0.3 is 11.4 Å². The van der Waals surface area contributed by atoms with Gasteiger partial charge in [0.25, 0.3) is 31.0 Å². The lowest BCUT2D eigenvalue weighted by Gasteiger charge is -2.28. The highest BCUT2D eigenvalue weighted by Gasteiger charge is 2.70. The van der Waals surface area contributed by atoms with E-state index in [1.54, 1.807) is 0 Å². The topological polar surface area (TPSA) is 80.3 Å². The summed E-state index contributed by atoms with van der Waals surface area (Å²) in [5, 5.41) is -11.4. The van der Waals surface area contributed by atoms with Gasteiger partial charge < -0.3 is 0 Å². The van der Waals surface area contributed by atoms with Gasteiger partial charge in [-0.15, -0.1) is 4.13 Å². The fraction of sp³-hybridized carbons (Fsp3) is 1.00. The van der Waals surface area contributed by atoms with E-state index in [1.807, 2.05) is 0 Å². The second-order valence-electron chi connectivity index (χ2n) is 3.91. The van der Waals surface area contributed by atoms with Crippen molar-refractivity contribution in [3.8, 4) is 0 Å². The average molecular weight is 373 g/mol. The molecule has 0 saturated heterocycles. The Morgan fingerprint density at radius 2 is 1.05 bits per heavy atom. The van der Waals surface area contributed by atoms with Gasteiger partial charge in [0.1, 0.15) is 0 Å². The molecular weight excluding hydrogens is 366 g/mol. The van der Waals surface area contributed by atoms with Crippen LogP contribution in [0.5, 0.6) is 0 Å². The van der Waals surface area contributed by atoms with Crippen molar-refractivity contribution in [2.75, 3.05) is 0 Å². The molecule has 21 heavy (non-hydrogen) atoms. The van der Waals surface area contributed by atoms with Crippen molar-refractivity contribution in [2.45, 2.75) is 36.2 Å². The standard InChI is InChI=1S/C6H7F8NO4S2/c1-3(7,8)4(2,9)20(16,17)15-21(18,19)6(13,14)5(10,11)12/h15H,1-2H3. The van der Waals surface area contributed by atoms with Gasteiger partial charge in [-0.1, -0.05) is 0 Å². The van der Waals surface area contributed by atoms with Crippen LogP contribution >= 0.6 is 0 Å². The summed E-state index contributed by atoms with van der Waals surface area (Å²) < 4.78 is 143. The van der Waals surface area contributed by atoms with Gasteiger partial charge in [-0.05, 0) is 6.92 Å². The second-order valence-corrected chi connectivity index (χ2v) is 7.87. The van der Waals surface area contributed by atoms with Gasteiger partial charge in [0.05, 0.1) is 0 Å². The Bertz CT molecular complexity index is 546. The summed E-state index contributed by atoms with van der Waals surface area (Å²) in [5.74, 6) is -4.80. The minimum Gasteiger partial charge on any atom is -0.218 e. The molecule has 0 saturated carbocycles. The zero-order valence-electron chi connectivity index (χ0n) is 9.97. The smallest absolute Gasteiger partial charge is 0.218 e. The van der Waals surface area contributed by atoms with E-state index >= 15 is 0 Å². The number of hydrogen-bond acceptors (Lipinski definition) is 4. The first-order chi connectivity index (χ1) is 8.71. The molecule has 0 heterocycles. The van der Waals surface area contributed by atoms with Gasteiger partial charge in [0, 0.05) is 6.92 Å². The lowest BCUT2D eigenvalue weighted by molar-refractivity contribution is -0.241. The highest BCUT2D eigenvalue weighted by Crippen LogP contribution is 2.41. The Morgan fingerprint density at radius 3 is 1.29 bits per heavy atom. The van der Waals surface area contributed by atoms with Crippen LogP contribution in [0.1, 0.15) is 13.8 Å². The van der Waals surface area contributed by atoms with Crippen molar-refractivity contribution >= 4 is 20.0 Å². The molecule has 1 N–H and O–H groups in total. The average Bonchev–Trinajstić information content (AvgIpc) is 2.11. The molecule has 15 heteroatoms. The third-order valence-corrected chi connectivity index (χ3v) is 6.21. The van der Waals surface area contributed by atoms with Crippen LogP contribution < -0.4 is 4.13 Å². The lowest BCUT2D eigenvalue weighted by atomic mass is 10.2. The third kappa shape index (κ3) is 3.39. The van der Waals surface area contributed by atoms with Crippen molar-refractivity contribution in [1.82, 2.24) is 4.13 Å². The van der Waals surface area contributed by atoms with E-state index in [-0.39, 0.29) is 11.1 Å². The van der Waals surface area contributed by atoms with Crippen LogP contribution in [0.3, 0.4) is 0 Å². The molecule has 0 bridgehead atoms. The molecule has 0 rings (SSSR count). The highest BCUT2D eigenvalue weighted by atomic mass is 32.3. The Morgan fingerprint density at radius 1 is 0.714 bits per heavy atom. The number of alkyl halides is 8. The van der Waals surface area contributed by atoms with Crippen molar-refractivity contribution in [3.63, 3.8) is 0 Å². The largest absolute Gasteiger partial charge is 0.471 e. The zero-order valence-corrected chi connectivity index (χ0v) is 11.6. The summed E-state index contributed by atoms with van der Waals surface area (Å²) in [6.07, 6.45) is -6.75. The number of nitrogens with one attached hydrogen (secondary N) is 1.